The normalized spacial score (nSPS) is 15.6. The lowest BCUT2D eigenvalue weighted by molar-refractivity contribution is -0.931. The van der Waals surface area contributed by atoms with E-state index in [0.717, 1.165) is 43.2 Å². The fraction of sp³-hybridized carbons (Fsp3) is 0.304. The Hall–Kier alpha value is -3.32. The van der Waals surface area contributed by atoms with Gasteiger partial charge in [-0.25, -0.2) is 0 Å². The number of quaternary nitrogens is 1. The zero-order valence-electron chi connectivity index (χ0n) is 17.1. The topological polar surface area (TPSA) is 72.0 Å². The van der Waals surface area contributed by atoms with Crippen molar-refractivity contribution in [3.05, 3.63) is 78.5 Å². The molecule has 3 heterocycles. The van der Waals surface area contributed by atoms with Crippen LogP contribution in [-0.4, -0.2) is 50.7 Å². The van der Waals surface area contributed by atoms with Gasteiger partial charge in [0.05, 0.1) is 51.8 Å². The second-order valence-electron chi connectivity index (χ2n) is 7.34. The summed E-state index contributed by atoms with van der Waals surface area (Å²) >= 11 is 0. The molecule has 0 aliphatic carbocycles. The summed E-state index contributed by atoms with van der Waals surface area (Å²) < 4.78 is 10.7. The molecule has 0 saturated carbocycles. The maximum atomic E-state index is 12.4. The van der Waals surface area contributed by atoms with Crippen LogP contribution < -0.4 is 19.9 Å². The lowest BCUT2D eigenvalue weighted by atomic mass is 10.1. The Labute approximate surface area is 176 Å². The van der Waals surface area contributed by atoms with Gasteiger partial charge in [0, 0.05) is 18.0 Å². The molecule has 1 aromatic carbocycles. The molecule has 1 aliphatic heterocycles. The van der Waals surface area contributed by atoms with Gasteiger partial charge in [0.1, 0.15) is 11.8 Å². The number of anilines is 1. The van der Waals surface area contributed by atoms with Crippen molar-refractivity contribution >= 4 is 11.6 Å². The molecule has 1 amide bonds. The molecular formula is C23H27N4O3+. The second kappa shape index (κ2) is 9.45. The molecule has 3 aromatic rings. The number of ether oxygens (including phenoxy) is 1. The van der Waals surface area contributed by atoms with Crippen molar-refractivity contribution in [1.29, 1.82) is 0 Å². The minimum atomic E-state index is -0.194. The lowest BCUT2D eigenvalue weighted by Gasteiger charge is -2.38. The van der Waals surface area contributed by atoms with E-state index in [9.17, 15) is 4.79 Å². The number of nitrogens with zero attached hydrogens (tertiary/aromatic N) is 2. The maximum Gasteiger partial charge on any atom is 0.287 e. The molecule has 1 fully saturated rings. The largest absolute Gasteiger partial charge is 0.495 e. The number of nitrogens with one attached hydrogen (secondary N) is 2. The van der Waals surface area contributed by atoms with E-state index < -0.39 is 0 Å². The van der Waals surface area contributed by atoms with E-state index in [-0.39, 0.29) is 11.9 Å². The van der Waals surface area contributed by atoms with Crippen LogP contribution in [0.3, 0.4) is 0 Å². The van der Waals surface area contributed by atoms with Crippen molar-refractivity contribution in [3.63, 3.8) is 0 Å². The zero-order chi connectivity index (χ0) is 20.8. The number of carbonyl (C=O) groups is 1. The number of hydrogen-bond donors (Lipinski definition) is 2. The van der Waals surface area contributed by atoms with Crippen molar-refractivity contribution in [1.82, 2.24) is 10.3 Å². The molecule has 7 nitrogen and oxygen atoms in total. The number of benzene rings is 1. The van der Waals surface area contributed by atoms with E-state index in [1.165, 1.54) is 11.2 Å². The summed E-state index contributed by atoms with van der Waals surface area (Å²) in [6, 6.07) is 15.7. The average Bonchev–Trinajstić information content (AvgIpc) is 3.35. The molecule has 0 radical (unpaired) electrons. The number of hydrogen-bond acceptors (Lipinski definition) is 5. The standard InChI is InChI=1S/C23H26N4O3/c1-29-21-8-3-2-7-19(21)26-11-13-27(14-12-26)20(18-6-4-10-24-16-18)17-25-23(28)22-9-5-15-30-22/h2-10,15-16,20H,11-14,17H2,1H3,(H,25,28)/p+1. The summed E-state index contributed by atoms with van der Waals surface area (Å²) in [5, 5.41) is 3.03. The van der Waals surface area contributed by atoms with E-state index in [0.29, 0.717) is 12.3 Å². The Morgan fingerprint density at radius 3 is 2.73 bits per heavy atom. The van der Waals surface area contributed by atoms with Crippen LogP contribution in [-0.2, 0) is 0 Å². The molecule has 1 atom stereocenters. The molecular weight excluding hydrogens is 380 g/mol. The van der Waals surface area contributed by atoms with Gasteiger partial charge in [-0.05, 0) is 36.4 Å². The van der Waals surface area contributed by atoms with E-state index in [1.54, 1.807) is 25.4 Å². The van der Waals surface area contributed by atoms with Gasteiger partial charge < -0.3 is 24.3 Å². The van der Waals surface area contributed by atoms with Gasteiger partial charge in [-0.15, -0.1) is 0 Å². The van der Waals surface area contributed by atoms with E-state index in [2.05, 4.69) is 27.3 Å². The first-order valence-corrected chi connectivity index (χ1v) is 10.2. The molecule has 4 rings (SSSR count). The first-order chi connectivity index (χ1) is 14.8. The van der Waals surface area contributed by atoms with Crippen molar-refractivity contribution in [3.8, 4) is 5.75 Å². The van der Waals surface area contributed by atoms with Crippen molar-refractivity contribution < 1.29 is 18.8 Å². The smallest absolute Gasteiger partial charge is 0.287 e. The van der Waals surface area contributed by atoms with Crippen LogP contribution in [0.15, 0.2) is 71.6 Å². The van der Waals surface area contributed by atoms with Gasteiger partial charge >= 0.3 is 0 Å². The molecule has 1 saturated heterocycles. The van der Waals surface area contributed by atoms with E-state index in [1.807, 2.05) is 30.5 Å². The highest BCUT2D eigenvalue weighted by atomic mass is 16.5. The monoisotopic (exact) mass is 407 g/mol. The third kappa shape index (κ3) is 4.46. The Morgan fingerprint density at radius 1 is 1.20 bits per heavy atom. The number of carbonyl (C=O) groups excluding carboxylic acids is 1. The summed E-state index contributed by atoms with van der Waals surface area (Å²) in [4.78, 5) is 20.5. The van der Waals surface area contributed by atoms with Gasteiger partial charge in [-0.1, -0.05) is 12.1 Å². The van der Waals surface area contributed by atoms with Gasteiger partial charge in [-0.3, -0.25) is 9.78 Å². The Morgan fingerprint density at radius 2 is 2.03 bits per heavy atom. The zero-order valence-corrected chi connectivity index (χ0v) is 17.1. The van der Waals surface area contributed by atoms with Crippen LogP contribution >= 0.6 is 0 Å². The van der Waals surface area contributed by atoms with Crippen LogP contribution in [0.2, 0.25) is 0 Å². The van der Waals surface area contributed by atoms with Crippen LogP contribution in [0.4, 0.5) is 5.69 Å². The van der Waals surface area contributed by atoms with Crippen LogP contribution in [0.25, 0.3) is 0 Å². The Bertz CT molecular complexity index is 938. The summed E-state index contributed by atoms with van der Waals surface area (Å²) in [5.41, 5.74) is 2.25. The number of amides is 1. The third-order valence-corrected chi connectivity index (χ3v) is 5.62. The molecule has 0 spiro atoms. The average molecular weight is 407 g/mol. The minimum absolute atomic E-state index is 0.123. The lowest BCUT2D eigenvalue weighted by Crippen LogP contribution is -3.15. The second-order valence-corrected chi connectivity index (χ2v) is 7.34. The molecule has 0 bridgehead atoms. The number of piperazine rings is 1. The summed E-state index contributed by atoms with van der Waals surface area (Å²) in [5.74, 6) is 1.03. The molecule has 2 N–H and O–H groups in total. The van der Waals surface area contributed by atoms with Gasteiger partial charge in [0.25, 0.3) is 5.91 Å². The highest BCUT2D eigenvalue weighted by molar-refractivity contribution is 5.91. The van der Waals surface area contributed by atoms with Gasteiger partial charge in [0.2, 0.25) is 0 Å². The maximum absolute atomic E-state index is 12.4. The predicted molar refractivity (Wildman–Crippen MR) is 114 cm³/mol. The number of para-hydroxylation sites is 2. The molecule has 156 valence electrons. The van der Waals surface area contributed by atoms with E-state index in [4.69, 9.17) is 9.15 Å². The fourth-order valence-electron chi connectivity index (χ4n) is 4.04. The van der Waals surface area contributed by atoms with Gasteiger partial charge in [0.15, 0.2) is 5.76 Å². The quantitative estimate of drug-likeness (QED) is 0.622. The minimum Gasteiger partial charge on any atom is -0.495 e. The summed E-state index contributed by atoms with van der Waals surface area (Å²) in [6.45, 7) is 4.26. The molecule has 30 heavy (non-hydrogen) atoms. The summed E-state index contributed by atoms with van der Waals surface area (Å²) in [6.07, 6.45) is 5.18. The molecule has 1 unspecified atom stereocenters. The van der Waals surface area contributed by atoms with Gasteiger partial charge in [-0.2, -0.15) is 0 Å². The van der Waals surface area contributed by atoms with E-state index >= 15 is 0 Å². The Balaban J connectivity index is 1.45. The first kappa shape index (κ1) is 20.0. The fourth-order valence-corrected chi connectivity index (χ4v) is 4.04. The van der Waals surface area contributed by atoms with Crippen LogP contribution in [0.5, 0.6) is 5.75 Å². The number of pyridine rings is 1. The highest BCUT2D eigenvalue weighted by Gasteiger charge is 2.30. The molecule has 7 heteroatoms. The predicted octanol–water partition coefficient (Wildman–Crippen LogP) is 1.56. The first-order valence-electron chi connectivity index (χ1n) is 10.2. The number of furan rings is 1. The van der Waals surface area contributed by atoms with Crippen LogP contribution in [0.1, 0.15) is 22.2 Å². The summed E-state index contributed by atoms with van der Waals surface area (Å²) in [7, 11) is 1.71. The molecule has 1 aliphatic rings. The number of aromatic nitrogens is 1. The van der Waals surface area contributed by atoms with Crippen molar-refractivity contribution in [2.75, 3.05) is 44.7 Å². The van der Waals surface area contributed by atoms with Crippen LogP contribution in [0, 0.1) is 0 Å². The van der Waals surface area contributed by atoms with Crippen molar-refractivity contribution in [2.45, 2.75) is 6.04 Å². The van der Waals surface area contributed by atoms with Crippen molar-refractivity contribution in [2.24, 2.45) is 0 Å². The Kier molecular flexibility index (Phi) is 6.29. The molecule has 2 aromatic heterocycles. The highest BCUT2D eigenvalue weighted by Crippen LogP contribution is 2.27. The third-order valence-electron chi connectivity index (χ3n) is 5.62. The number of methoxy groups -OCH3 is 1. The SMILES string of the molecule is COc1ccccc1N1CC[NH+](C(CNC(=O)c2ccco2)c2cccnc2)CC1. The number of rotatable bonds is 7.